The first-order valence-electron chi connectivity index (χ1n) is 10.3. The molecule has 162 valence electrons. The minimum Gasteiger partial charge on any atom is -0.443 e. The van der Waals surface area contributed by atoms with Gasteiger partial charge in [0, 0.05) is 24.5 Å². The summed E-state index contributed by atoms with van der Waals surface area (Å²) in [7, 11) is 0. The van der Waals surface area contributed by atoms with Crippen LogP contribution < -0.4 is 5.32 Å². The molecule has 10 heteroatoms. The number of nitrogens with one attached hydrogen (secondary N) is 1. The molecule has 3 aromatic rings. The molecular formula is C21H22ClFN6O2. The molecule has 0 unspecified atom stereocenters. The van der Waals surface area contributed by atoms with Gasteiger partial charge < -0.3 is 14.6 Å². The van der Waals surface area contributed by atoms with Crippen molar-refractivity contribution < 1.29 is 13.6 Å². The van der Waals surface area contributed by atoms with Gasteiger partial charge in [-0.15, -0.1) is 0 Å². The van der Waals surface area contributed by atoms with Gasteiger partial charge in [0.05, 0.1) is 17.3 Å². The Labute approximate surface area is 183 Å². The summed E-state index contributed by atoms with van der Waals surface area (Å²) in [6, 6.07) is 1.88. The molecule has 0 atom stereocenters. The van der Waals surface area contributed by atoms with Gasteiger partial charge in [-0.3, -0.25) is 4.79 Å². The fourth-order valence-corrected chi connectivity index (χ4v) is 4.11. The maximum atomic E-state index is 14.1. The number of aromatic nitrogens is 4. The molecule has 31 heavy (non-hydrogen) atoms. The van der Waals surface area contributed by atoms with E-state index >= 15 is 0 Å². The lowest BCUT2D eigenvalue weighted by Gasteiger charge is -2.31. The van der Waals surface area contributed by atoms with E-state index in [1.807, 2.05) is 13.0 Å². The zero-order valence-electron chi connectivity index (χ0n) is 17.3. The molecule has 3 aromatic heterocycles. The molecule has 1 N–H and O–H groups in total. The number of carbonyl (C=O) groups is 1. The molecule has 2 aliphatic rings. The maximum absolute atomic E-state index is 14.1. The van der Waals surface area contributed by atoms with Crippen molar-refractivity contribution in [1.82, 2.24) is 24.8 Å². The average molecular weight is 445 g/mol. The number of hydrogen-bond donors (Lipinski definition) is 1. The molecule has 0 spiro atoms. The van der Waals surface area contributed by atoms with E-state index in [1.54, 1.807) is 4.90 Å². The van der Waals surface area contributed by atoms with Crippen LogP contribution in [0.3, 0.4) is 0 Å². The Morgan fingerprint density at radius 3 is 2.74 bits per heavy atom. The molecule has 1 saturated heterocycles. The first-order chi connectivity index (χ1) is 14.8. The molecule has 0 aromatic carbocycles. The number of carbonyl (C=O) groups excluding carboxylic acids is 1. The summed E-state index contributed by atoms with van der Waals surface area (Å²) in [5.41, 5.74) is 0.698. The summed E-state index contributed by atoms with van der Waals surface area (Å²) in [6.07, 6.45) is 4.33. The summed E-state index contributed by atoms with van der Waals surface area (Å²) in [5, 5.41) is 4.23. The Morgan fingerprint density at radius 2 is 2.03 bits per heavy atom. The van der Waals surface area contributed by atoms with Gasteiger partial charge in [0.1, 0.15) is 11.6 Å². The van der Waals surface area contributed by atoms with Crippen molar-refractivity contribution in [3.63, 3.8) is 0 Å². The van der Waals surface area contributed by atoms with Crippen molar-refractivity contribution in [2.45, 2.75) is 51.0 Å². The average Bonchev–Trinajstić information content (AvgIpc) is 3.34. The number of piperidine rings is 1. The second-order valence-electron chi connectivity index (χ2n) is 8.60. The van der Waals surface area contributed by atoms with Gasteiger partial charge >= 0.3 is 0 Å². The van der Waals surface area contributed by atoms with Crippen LogP contribution in [-0.2, 0) is 0 Å². The summed E-state index contributed by atoms with van der Waals surface area (Å²) in [5.74, 6) is 0.582. The predicted molar refractivity (Wildman–Crippen MR) is 113 cm³/mol. The number of fused-ring (bicyclic) bond motifs is 1. The first kappa shape index (κ1) is 20.1. The maximum Gasteiger partial charge on any atom is 0.291 e. The first-order valence-corrected chi connectivity index (χ1v) is 10.7. The molecule has 1 amide bonds. The van der Waals surface area contributed by atoms with Crippen LogP contribution in [-0.4, -0.2) is 49.4 Å². The topological polar surface area (TPSA) is 97.0 Å². The summed E-state index contributed by atoms with van der Waals surface area (Å²) in [6.45, 7) is 4.86. The second-order valence-corrected chi connectivity index (χ2v) is 8.93. The fourth-order valence-electron chi connectivity index (χ4n) is 3.97. The Morgan fingerprint density at radius 1 is 1.29 bits per heavy atom. The SMILES string of the molecule is Cc1cc2c(NC3(C)CC3)nc(C(=O)N3CCC(c4nc(Cl)ncc4F)CC3)nc2o1. The molecule has 4 heterocycles. The lowest BCUT2D eigenvalue weighted by molar-refractivity contribution is 0.0699. The highest BCUT2D eigenvalue weighted by atomic mass is 35.5. The Hall–Kier alpha value is -2.81. The standard InChI is InChI=1S/C21H22ClFN6O2/c1-11-9-13-16(28-21(2)5-6-21)26-17(27-18(13)31-11)19(30)29-7-3-12(4-8-29)15-14(23)10-24-20(22)25-15/h9-10,12H,3-8H2,1-2H3,(H,26,27,28). The number of amides is 1. The van der Waals surface area contributed by atoms with Crippen LogP contribution in [0, 0.1) is 12.7 Å². The van der Waals surface area contributed by atoms with Crippen molar-refractivity contribution >= 4 is 34.4 Å². The highest BCUT2D eigenvalue weighted by molar-refractivity contribution is 6.28. The van der Waals surface area contributed by atoms with Crippen LogP contribution >= 0.6 is 11.6 Å². The van der Waals surface area contributed by atoms with Crippen LogP contribution in [0.5, 0.6) is 0 Å². The monoisotopic (exact) mass is 444 g/mol. The molecule has 8 nitrogen and oxygen atoms in total. The van der Waals surface area contributed by atoms with Crippen LogP contribution in [0.4, 0.5) is 10.2 Å². The van der Waals surface area contributed by atoms with Gasteiger partial charge in [-0.25, -0.2) is 19.3 Å². The van der Waals surface area contributed by atoms with Gasteiger partial charge in [-0.1, -0.05) is 0 Å². The van der Waals surface area contributed by atoms with Gasteiger partial charge in [0.15, 0.2) is 5.82 Å². The minimum atomic E-state index is -0.472. The van der Waals surface area contributed by atoms with E-state index in [9.17, 15) is 9.18 Å². The molecule has 1 aliphatic carbocycles. The normalized spacial score (nSPS) is 18.4. The van der Waals surface area contributed by atoms with Crippen LogP contribution in [0.2, 0.25) is 5.28 Å². The van der Waals surface area contributed by atoms with Crippen molar-refractivity contribution in [2.24, 2.45) is 0 Å². The van der Waals surface area contributed by atoms with Crippen molar-refractivity contribution in [3.05, 3.63) is 40.6 Å². The van der Waals surface area contributed by atoms with E-state index in [-0.39, 0.29) is 28.5 Å². The van der Waals surface area contributed by atoms with E-state index < -0.39 is 5.82 Å². The summed E-state index contributed by atoms with van der Waals surface area (Å²) in [4.78, 5) is 31.5. The number of rotatable bonds is 4. The van der Waals surface area contributed by atoms with Crippen LogP contribution in [0.25, 0.3) is 11.1 Å². The zero-order valence-corrected chi connectivity index (χ0v) is 18.0. The number of furan rings is 1. The van der Waals surface area contributed by atoms with Gasteiger partial charge in [-0.2, -0.15) is 4.98 Å². The number of hydrogen-bond acceptors (Lipinski definition) is 7. The third kappa shape index (κ3) is 3.94. The molecule has 2 fully saturated rings. The van der Waals surface area contributed by atoms with Crippen molar-refractivity contribution in [3.8, 4) is 0 Å². The van der Waals surface area contributed by atoms with E-state index in [2.05, 4.69) is 32.2 Å². The third-order valence-electron chi connectivity index (χ3n) is 6.04. The number of halogens is 2. The zero-order chi connectivity index (χ0) is 21.8. The smallest absolute Gasteiger partial charge is 0.291 e. The molecule has 1 saturated carbocycles. The van der Waals surface area contributed by atoms with Crippen molar-refractivity contribution in [2.75, 3.05) is 18.4 Å². The lowest BCUT2D eigenvalue weighted by atomic mass is 9.93. The molecule has 0 radical (unpaired) electrons. The Balaban J connectivity index is 1.36. The predicted octanol–water partition coefficient (Wildman–Crippen LogP) is 4.10. The molecule has 5 rings (SSSR count). The van der Waals surface area contributed by atoms with E-state index in [1.165, 1.54) is 0 Å². The quantitative estimate of drug-likeness (QED) is 0.605. The summed E-state index contributed by atoms with van der Waals surface area (Å²) < 4.78 is 19.8. The largest absolute Gasteiger partial charge is 0.443 e. The fraction of sp³-hybridized carbons (Fsp3) is 0.476. The number of anilines is 1. The van der Waals surface area contributed by atoms with Crippen LogP contribution in [0.1, 0.15) is 60.6 Å². The number of nitrogens with zero attached hydrogens (tertiary/aromatic N) is 5. The number of aryl methyl sites for hydroxylation is 1. The van der Waals surface area contributed by atoms with Crippen LogP contribution in [0.15, 0.2) is 16.7 Å². The summed E-state index contributed by atoms with van der Waals surface area (Å²) >= 11 is 5.82. The van der Waals surface area contributed by atoms with Gasteiger partial charge in [0.2, 0.25) is 16.8 Å². The lowest BCUT2D eigenvalue weighted by Crippen LogP contribution is -2.39. The van der Waals surface area contributed by atoms with E-state index in [0.717, 1.165) is 24.4 Å². The van der Waals surface area contributed by atoms with Gasteiger partial charge in [-0.05, 0) is 57.2 Å². The molecule has 1 aliphatic heterocycles. The second kappa shape index (κ2) is 7.40. The van der Waals surface area contributed by atoms with Gasteiger partial charge in [0.25, 0.3) is 5.91 Å². The minimum absolute atomic E-state index is 0.00594. The van der Waals surface area contributed by atoms with E-state index in [4.69, 9.17) is 16.0 Å². The highest BCUT2D eigenvalue weighted by Gasteiger charge is 2.38. The molecular weight excluding hydrogens is 423 g/mol. The Kier molecular flexibility index (Phi) is 4.80. The third-order valence-corrected chi connectivity index (χ3v) is 6.22. The Bertz CT molecular complexity index is 1170. The molecule has 0 bridgehead atoms. The highest BCUT2D eigenvalue weighted by Crippen LogP contribution is 2.39. The van der Waals surface area contributed by atoms with E-state index in [0.29, 0.717) is 48.9 Å². The van der Waals surface area contributed by atoms with Crippen molar-refractivity contribution in [1.29, 1.82) is 0 Å². The number of likely N-dealkylation sites (tertiary alicyclic amines) is 1.